The van der Waals surface area contributed by atoms with E-state index < -0.39 is 27.8 Å². The van der Waals surface area contributed by atoms with E-state index in [9.17, 15) is 17.6 Å². The molecule has 2 aromatic rings. The zero-order chi connectivity index (χ0) is 19.3. The summed E-state index contributed by atoms with van der Waals surface area (Å²) >= 11 is 0. The molecule has 0 radical (unpaired) electrons. The summed E-state index contributed by atoms with van der Waals surface area (Å²) in [5.41, 5.74) is 1.19. The topological polar surface area (TPSA) is 66.5 Å². The number of nitrogens with one attached hydrogen (secondary N) is 1. The first-order valence-corrected chi connectivity index (χ1v) is 10.2. The normalized spacial score (nSPS) is 13.7. The van der Waals surface area contributed by atoms with Crippen molar-refractivity contribution in [2.24, 2.45) is 0 Å². The van der Waals surface area contributed by atoms with Crippen LogP contribution >= 0.6 is 0 Å². The van der Waals surface area contributed by atoms with E-state index in [0.29, 0.717) is 6.42 Å². The van der Waals surface area contributed by atoms with Crippen molar-refractivity contribution in [1.82, 2.24) is 5.32 Å². The number of anilines is 1. The van der Waals surface area contributed by atoms with Gasteiger partial charge in [0.1, 0.15) is 11.9 Å². The van der Waals surface area contributed by atoms with Crippen molar-refractivity contribution < 1.29 is 17.6 Å². The van der Waals surface area contributed by atoms with Gasteiger partial charge in [0, 0.05) is 0 Å². The lowest BCUT2D eigenvalue weighted by Gasteiger charge is -2.29. The van der Waals surface area contributed by atoms with Crippen LogP contribution in [0.5, 0.6) is 0 Å². The quantitative estimate of drug-likeness (QED) is 0.804. The fraction of sp³-hybridized carbons (Fsp3) is 0.316. The number of sulfonamides is 1. The number of amides is 1. The highest BCUT2D eigenvalue weighted by Crippen LogP contribution is 2.22. The van der Waals surface area contributed by atoms with Gasteiger partial charge in [-0.25, -0.2) is 12.8 Å². The maximum atomic E-state index is 13.2. The van der Waals surface area contributed by atoms with Crippen molar-refractivity contribution in [3.63, 3.8) is 0 Å². The van der Waals surface area contributed by atoms with Crippen LogP contribution in [0, 0.1) is 5.82 Å². The molecule has 5 nitrogen and oxygen atoms in total. The van der Waals surface area contributed by atoms with E-state index in [-0.39, 0.29) is 11.7 Å². The number of rotatable bonds is 7. The minimum atomic E-state index is -3.73. The molecule has 0 saturated carbocycles. The van der Waals surface area contributed by atoms with E-state index in [2.05, 4.69) is 5.32 Å². The zero-order valence-corrected chi connectivity index (χ0v) is 15.8. The van der Waals surface area contributed by atoms with E-state index in [0.717, 1.165) is 28.3 Å². The van der Waals surface area contributed by atoms with Crippen LogP contribution in [0.2, 0.25) is 0 Å². The van der Waals surface area contributed by atoms with Crippen molar-refractivity contribution in [2.75, 3.05) is 10.6 Å². The van der Waals surface area contributed by atoms with Gasteiger partial charge in [0.15, 0.2) is 0 Å². The summed E-state index contributed by atoms with van der Waals surface area (Å²) in [5.74, 6) is -0.898. The van der Waals surface area contributed by atoms with Gasteiger partial charge in [-0.05, 0) is 43.2 Å². The lowest BCUT2D eigenvalue weighted by Crippen LogP contribution is -2.48. The van der Waals surface area contributed by atoms with E-state index in [1.54, 1.807) is 0 Å². The Kier molecular flexibility index (Phi) is 6.37. The molecule has 0 spiro atoms. The Hall–Kier alpha value is -2.41. The Balaban J connectivity index is 2.26. The highest BCUT2D eigenvalue weighted by atomic mass is 32.2. The largest absolute Gasteiger partial charge is 0.347 e. The number of hydrogen-bond donors (Lipinski definition) is 1. The highest BCUT2D eigenvalue weighted by Gasteiger charge is 2.30. The van der Waals surface area contributed by atoms with Crippen LogP contribution < -0.4 is 9.62 Å². The van der Waals surface area contributed by atoms with Gasteiger partial charge in [0.05, 0.1) is 18.0 Å². The molecule has 0 aromatic heterocycles. The van der Waals surface area contributed by atoms with Crippen LogP contribution in [-0.2, 0) is 14.8 Å². The Morgan fingerprint density at radius 2 is 1.69 bits per heavy atom. The second-order valence-corrected chi connectivity index (χ2v) is 7.95. The molecule has 0 saturated heterocycles. The Labute approximate surface area is 153 Å². The van der Waals surface area contributed by atoms with Crippen molar-refractivity contribution in [2.45, 2.75) is 32.4 Å². The second kappa shape index (κ2) is 8.31. The molecule has 1 amide bonds. The molecule has 2 aromatic carbocycles. The molecule has 140 valence electrons. The molecule has 0 fully saturated rings. The molecule has 0 aliphatic carbocycles. The van der Waals surface area contributed by atoms with E-state index in [1.807, 2.05) is 37.3 Å². The predicted octanol–water partition coefficient (Wildman–Crippen LogP) is 3.25. The number of benzene rings is 2. The molecule has 0 aliphatic rings. The monoisotopic (exact) mass is 378 g/mol. The van der Waals surface area contributed by atoms with Crippen LogP contribution in [-0.4, -0.2) is 26.6 Å². The molecule has 0 aliphatic heterocycles. The summed E-state index contributed by atoms with van der Waals surface area (Å²) in [7, 11) is -3.73. The number of hydrogen-bond acceptors (Lipinski definition) is 3. The summed E-state index contributed by atoms with van der Waals surface area (Å²) < 4.78 is 38.6. The van der Waals surface area contributed by atoms with Gasteiger partial charge in [0.2, 0.25) is 15.9 Å². The molecular weight excluding hydrogens is 355 g/mol. The van der Waals surface area contributed by atoms with Crippen molar-refractivity contribution in [1.29, 1.82) is 0 Å². The summed E-state index contributed by atoms with van der Waals surface area (Å²) in [6.45, 7) is 3.45. The fourth-order valence-electron chi connectivity index (χ4n) is 2.80. The third kappa shape index (κ3) is 4.82. The van der Waals surface area contributed by atoms with Gasteiger partial charge in [-0.15, -0.1) is 0 Å². The Morgan fingerprint density at radius 3 is 2.19 bits per heavy atom. The first-order chi connectivity index (χ1) is 12.2. The lowest BCUT2D eigenvalue weighted by molar-refractivity contribution is -0.122. The van der Waals surface area contributed by atoms with Gasteiger partial charge in [0.25, 0.3) is 0 Å². The SMILES string of the molecule is CCC(NC(=O)C(C)N(c1ccc(F)cc1)S(C)(=O)=O)c1ccccc1. The van der Waals surface area contributed by atoms with Gasteiger partial charge in [-0.1, -0.05) is 37.3 Å². The third-order valence-electron chi connectivity index (χ3n) is 4.10. The highest BCUT2D eigenvalue weighted by molar-refractivity contribution is 7.92. The molecular formula is C19H23FN2O3S. The molecule has 0 bridgehead atoms. The van der Waals surface area contributed by atoms with Crippen molar-refractivity contribution in [3.8, 4) is 0 Å². The molecule has 2 unspecified atom stereocenters. The van der Waals surface area contributed by atoms with E-state index in [1.165, 1.54) is 19.1 Å². The van der Waals surface area contributed by atoms with E-state index >= 15 is 0 Å². The summed E-state index contributed by atoms with van der Waals surface area (Å²) in [4.78, 5) is 12.7. The molecule has 1 N–H and O–H groups in total. The van der Waals surface area contributed by atoms with Gasteiger partial charge >= 0.3 is 0 Å². The van der Waals surface area contributed by atoms with Crippen molar-refractivity contribution >= 4 is 21.6 Å². The second-order valence-electron chi connectivity index (χ2n) is 6.09. The fourth-order valence-corrected chi connectivity index (χ4v) is 3.97. The van der Waals surface area contributed by atoms with Gasteiger partial charge < -0.3 is 5.32 Å². The van der Waals surface area contributed by atoms with Crippen LogP contribution in [0.1, 0.15) is 31.9 Å². The van der Waals surface area contributed by atoms with Crippen LogP contribution in [0.4, 0.5) is 10.1 Å². The first-order valence-electron chi connectivity index (χ1n) is 8.34. The average Bonchev–Trinajstić information content (AvgIpc) is 2.60. The molecule has 2 rings (SSSR count). The van der Waals surface area contributed by atoms with Crippen molar-refractivity contribution in [3.05, 3.63) is 66.0 Å². The van der Waals surface area contributed by atoms with Crippen LogP contribution in [0.3, 0.4) is 0 Å². The number of halogens is 1. The molecule has 26 heavy (non-hydrogen) atoms. The first kappa shape index (κ1) is 19.9. The summed E-state index contributed by atoms with van der Waals surface area (Å²) in [6, 6.07) is 13.3. The Bertz CT molecular complexity index is 839. The zero-order valence-electron chi connectivity index (χ0n) is 15.0. The smallest absolute Gasteiger partial charge is 0.244 e. The molecule has 7 heteroatoms. The Morgan fingerprint density at radius 1 is 1.12 bits per heavy atom. The van der Waals surface area contributed by atoms with Gasteiger partial charge in [-0.3, -0.25) is 9.10 Å². The number of nitrogens with zero attached hydrogens (tertiary/aromatic N) is 1. The maximum absolute atomic E-state index is 13.2. The molecule has 0 heterocycles. The third-order valence-corrected chi connectivity index (χ3v) is 5.34. The maximum Gasteiger partial charge on any atom is 0.244 e. The van der Waals surface area contributed by atoms with E-state index in [4.69, 9.17) is 0 Å². The minimum Gasteiger partial charge on any atom is -0.347 e. The standard InChI is InChI=1S/C19H23FN2O3S/c1-4-18(15-8-6-5-7-9-15)21-19(23)14(2)22(26(3,24)25)17-12-10-16(20)11-13-17/h5-14,18H,4H2,1-3H3,(H,21,23). The van der Waals surface area contributed by atoms with Crippen LogP contribution in [0.15, 0.2) is 54.6 Å². The average molecular weight is 378 g/mol. The summed E-state index contributed by atoms with van der Waals surface area (Å²) in [6.07, 6.45) is 1.69. The van der Waals surface area contributed by atoms with Gasteiger partial charge in [-0.2, -0.15) is 0 Å². The summed E-state index contributed by atoms with van der Waals surface area (Å²) in [5, 5.41) is 2.90. The van der Waals surface area contributed by atoms with Crippen LogP contribution in [0.25, 0.3) is 0 Å². The predicted molar refractivity (Wildman–Crippen MR) is 101 cm³/mol. The minimum absolute atomic E-state index is 0.222. The lowest BCUT2D eigenvalue weighted by atomic mass is 10.0. The molecule has 2 atom stereocenters. The number of carbonyl (C=O) groups is 1. The number of carbonyl (C=O) groups excluding carboxylic acids is 1.